The van der Waals surface area contributed by atoms with Gasteiger partial charge in [0, 0.05) is 0 Å². The Morgan fingerprint density at radius 3 is 2.56 bits per heavy atom. The molecule has 1 aliphatic carbocycles. The number of benzene rings is 1. The van der Waals surface area contributed by atoms with E-state index in [0.717, 1.165) is 12.0 Å². The van der Waals surface area contributed by atoms with Crippen molar-refractivity contribution in [2.45, 2.75) is 36.8 Å². The minimum absolute atomic E-state index is 0.222. The maximum atomic E-state index is 12.1. The molecular formula is C13H17NO3S. The first-order chi connectivity index (χ1) is 8.49. The lowest BCUT2D eigenvalue weighted by atomic mass is 10.0. The maximum absolute atomic E-state index is 12.1. The second-order valence-electron chi connectivity index (χ2n) is 4.53. The fraction of sp³-hybridized carbons (Fsp3) is 0.385. The second kappa shape index (κ2) is 5.22. The maximum Gasteiger partial charge on any atom is 0.241 e. The first kappa shape index (κ1) is 13.3. The first-order valence-electron chi connectivity index (χ1n) is 5.93. The lowest BCUT2D eigenvalue weighted by Gasteiger charge is -2.23. The SMILES string of the molecule is Cc1ccc(S(=O)(=O)N[C@@H]2C=CCC[C@@H]2O)cc1. The van der Waals surface area contributed by atoms with Crippen LogP contribution < -0.4 is 4.72 Å². The third kappa shape index (κ3) is 2.98. The molecule has 0 heterocycles. The van der Waals surface area contributed by atoms with Crippen LogP contribution in [0.3, 0.4) is 0 Å². The van der Waals surface area contributed by atoms with Crippen LogP contribution in [0.2, 0.25) is 0 Å². The Labute approximate surface area is 107 Å². The average Bonchev–Trinajstić information content (AvgIpc) is 2.32. The molecule has 0 spiro atoms. The Balaban J connectivity index is 2.19. The zero-order valence-corrected chi connectivity index (χ0v) is 11.0. The average molecular weight is 267 g/mol. The predicted molar refractivity (Wildman–Crippen MR) is 69.7 cm³/mol. The molecule has 1 aromatic rings. The quantitative estimate of drug-likeness (QED) is 0.812. The Morgan fingerprint density at radius 1 is 1.28 bits per heavy atom. The van der Waals surface area contributed by atoms with E-state index in [-0.39, 0.29) is 4.90 Å². The molecule has 0 aromatic heterocycles. The van der Waals surface area contributed by atoms with Gasteiger partial charge < -0.3 is 5.11 Å². The highest BCUT2D eigenvalue weighted by atomic mass is 32.2. The number of aliphatic hydroxyl groups excluding tert-OH is 1. The van der Waals surface area contributed by atoms with Crippen molar-refractivity contribution in [1.29, 1.82) is 0 Å². The van der Waals surface area contributed by atoms with Gasteiger partial charge in [-0.2, -0.15) is 0 Å². The Hall–Kier alpha value is -1.17. The van der Waals surface area contributed by atoms with E-state index < -0.39 is 22.2 Å². The van der Waals surface area contributed by atoms with Gasteiger partial charge in [0.15, 0.2) is 0 Å². The number of nitrogens with one attached hydrogen (secondary N) is 1. The number of rotatable bonds is 3. The molecule has 18 heavy (non-hydrogen) atoms. The lowest BCUT2D eigenvalue weighted by molar-refractivity contribution is 0.141. The summed E-state index contributed by atoms with van der Waals surface area (Å²) < 4.78 is 26.7. The Kier molecular flexibility index (Phi) is 3.85. The van der Waals surface area contributed by atoms with Gasteiger partial charge in [-0.25, -0.2) is 13.1 Å². The minimum Gasteiger partial charge on any atom is -0.391 e. The molecule has 0 unspecified atom stereocenters. The fourth-order valence-electron chi connectivity index (χ4n) is 1.90. The summed E-state index contributed by atoms with van der Waals surface area (Å²) in [6, 6.07) is 6.10. The van der Waals surface area contributed by atoms with E-state index in [1.165, 1.54) is 0 Å². The van der Waals surface area contributed by atoms with Gasteiger partial charge in [0.25, 0.3) is 0 Å². The van der Waals surface area contributed by atoms with Crippen molar-refractivity contribution < 1.29 is 13.5 Å². The lowest BCUT2D eigenvalue weighted by Crippen LogP contribution is -2.43. The van der Waals surface area contributed by atoms with Crippen LogP contribution in [0.5, 0.6) is 0 Å². The van der Waals surface area contributed by atoms with Crippen LogP contribution in [0, 0.1) is 6.92 Å². The number of sulfonamides is 1. The molecule has 98 valence electrons. The second-order valence-corrected chi connectivity index (χ2v) is 6.25. The van der Waals surface area contributed by atoms with Crippen LogP contribution >= 0.6 is 0 Å². The molecule has 0 aliphatic heterocycles. The van der Waals surface area contributed by atoms with E-state index in [1.807, 2.05) is 13.0 Å². The van der Waals surface area contributed by atoms with E-state index in [9.17, 15) is 13.5 Å². The molecule has 0 fully saturated rings. The molecule has 0 radical (unpaired) electrons. The minimum atomic E-state index is -3.57. The number of allylic oxidation sites excluding steroid dienone is 1. The number of hydrogen-bond acceptors (Lipinski definition) is 3. The molecule has 0 amide bonds. The summed E-state index contributed by atoms with van der Waals surface area (Å²) in [7, 11) is -3.57. The van der Waals surface area contributed by atoms with E-state index >= 15 is 0 Å². The van der Waals surface area contributed by atoms with Crippen molar-refractivity contribution in [2.75, 3.05) is 0 Å². The topological polar surface area (TPSA) is 66.4 Å². The fourth-order valence-corrected chi connectivity index (χ4v) is 3.12. The largest absolute Gasteiger partial charge is 0.391 e. The summed E-state index contributed by atoms with van der Waals surface area (Å²) in [5, 5.41) is 9.75. The van der Waals surface area contributed by atoms with Crippen molar-refractivity contribution in [3.05, 3.63) is 42.0 Å². The van der Waals surface area contributed by atoms with Gasteiger partial charge in [-0.05, 0) is 31.9 Å². The Bertz CT molecular complexity index is 534. The highest BCUT2D eigenvalue weighted by Crippen LogP contribution is 2.16. The molecule has 2 N–H and O–H groups in total. The number of aliphatic hydroxyl groups is 1. The van der Waals surface area contributed by atoms with Crippen LogP contribution in [0.1, 0.15) is 18.4 Å². The van der Waals surface area contributed by atoms with Crippen LogP contribution in [0.15, 0.2) is 41.3 Å². The normalized spacial score (nSPS) is 24.1. The number of aryl methyl sites for hydroxylation is 1. The summed E-state index contributed by atoms with van der Waals surface area (Å²) in [5.74, 6) is 0. The smallest absolute Gasteiger partial charge is 0.241 e. The first-order valence-corrected chi connectivity index (χ1v) is 7.41. The van der Waals surface area contributed by atoms with Gasteiger partial charge in [0.05, 0.1) is 17.0 Å². The molecule has 0 saturated carbocycles. The molecule has 2 rings (SSSR count). The van der Waals surface area contributed by atoms with Crippen molar-refractivity contribution in [1.82, 2.24) is 4.72 Å². The summed E-state index contributed by atoms with van der Waals surface area (Å²) in [6.45, 7) is 1.90. The highest BCUT2D eigenvalue weighted by molar-refractivity contribution is 7.89. The van der Waals surface area contributed by atoms with Gasteiger partial charge in [-0.1, -0.05) is 29.8 Å². The third-order valence-corrected chi connectivity index (χ3v) is 4.48. The monoisotopic (exact) mass is 267 g/mol. The molecule has 0 bridgehead atoms. The van der Waals surface area contributed by atoms with Gasteiger partial charge >= 0.3 is 0 Å². The van der Waals surface area contributed by atoms with E-state index in [1.54, 1.807) is 30.3 Å². The van der Waals surface area contributed by atoms with Gasteiger partial charge in [-0.3, -0.25) is 0 Å². The van der Waals surface area contributed by atoms with Gasteiger partial charge in [0.2, 0.25) is 10.0 Å². The van der Waals surface area contributed by atoms with Crippen molar-refractivity contribution in [3.8, 4) is 0 Å². The predicted octanol–water partition coefficient (Wildman–Crippen LogP) is 1.35. The van der Waals surface area contributed by atoms with E-state index in [2.05, 4.69) is 4.72 Å². The zero-order valence-electron chi connectivity index (χ0n) is 10.2. The zero-order chi connectivity index (χ0) is 13.2. The van der Waals surface area contributed by atoms with Gasteiger partial charge in [0.1, 0.15) is 0 Å². The molecule has 1 aliphatic rings. The molecule has 1 aromatic carbocycles. The summed E-state index contributed by atoms with van der Waals surface area (Å²) >= 11 is 0. The Morgan fingerprint density at radius 2 is 1.94 bits per heavy atom. The standard InChI is InChI=1S/C13H17NO3S/c1-10-6-8-11(9-7-10)18(16,17)14-12-4-2-3-5-13(12)15/h2,4,6-9,12-15H,3,5H2,1H3/t12-,13+/m1/s1. The molecular weight excluding hydrogens is 250 g/mol. The molecule has 2 atom stereocenters. The van der Waals surface area contributed by atoms with Crippen LogP contribution in [-0.4, -0.2) is 25.7 Å². The van der Waals surface area contributed by atoms with Crippen LogP contribution in [0.4, 0.5) is 0 Å². The molecule has 5 heteroatoms. The van der Waals surface area contributed by atoms with Crippen LogP contribution in [-0.2, 0) is 10.0 Å². The summed E-state index contributed by atoms with van der Waals surface area (Å²) in [4.78, 5) is 0.222. The van der Waals surface area contributed by atoms with E-state index in [0.29, 0.717) is 6.42 Å². The van der Waals surface area contributed by atoms with Crippen molar-refractivity contribution >= 4 is 10.0 Å². The van der Waals surface area contributed by atoms with Crippen molar-refractivity contribution in [2.24, 2.45) is 0 Å². The summed E-state index contributed by atoms with van der Waals surface area (Å²) in [5.41, 5.74) is 1.01. The highest BCUT2D eigenvalue weighted by Gasteiger charge is 2.25. The summed E-state index contributed by atoms with van der Waals surface area (Å²) in [6.07, 6.45) is 4.30. The third-order valence-electron chi connectivity index (χ3n) is 3.01. The van der Waals surface area contributed by atoms with Gasteiger partial charge in [-0.15, -0.1) is 0 Å². The van der Waals surface area contributed by atoms with E-state index in [4.69, 9.17) is 0 Å². The van der Waals surface area contributed by atoms with Crippen molar-refractivity contribution in [3.63, 3.8) is 0 Å². The molecule has 4 nitrogen and oxygen atoms in total. The number of hydrogen-bond donors (Lipinski definition) is 2. The molecule has 0 saturated heterocycles. The van der Waals surface area contributed by atoms with Crippen LogP contribution in [0.25, 0.3) is 0 Å².